The fourth-order valence-electron chi connectivity index (χ4n) is 4.33. The predicted octanol–water partition coefficient (Wildman–Crippen LogP) is 5.19. The lowest BCUT2D eigenvalue weighted by Crippen LogP contribution is -2.15. The van der Waals surface area contributed by atoms with Crippen molar-refractivity contribution < 1.29 is 14.1 Å². The first-order chi connectivity index (χ1) is 18.4. The van der Waals surface area contributed by atoms with Gasteiger partial charge in [-0.25, -0.2) is 4.68 Å². The predicted molar refractivity (Wildman–Crippen MR) is 153 cm³/mol. The van der Waals surface area contributed by atoms with Crippen molar-refractivity contribution in [2.45, 2.75) is 39.3 Å². The summed E-state index contributed by atoms with van der Waals surface area (Å²) in [6.45, 7) is 4.47. The lowest BCUT2D eigenvalue weighted by atomic mass is 10.0. The number of rotatable bonds is 10. The Morgan fingerprint density at radius 1 is 1.05 bits per heavy atom. The second-order valence-corrected chi connectivity index (χ2v) is 10.8. The maximum Gasteiger partial charge on any atom is 0.254 e. The van der Waals surface area contributed by atoms with E-state index in [4.69, 9.17) is 39.2 Å². The standard InChI is InChI=1S/C28H30Cl2N6O3/c1-15(2)36-27(31)25(28(32)38)26(33-36)17-7-5-16(6-8-17)9-19(37)11-20-12-24(34-39-20)21-10-18(14-35(3)4)22(29)13-23(21)30/h5-8,10,12-13,15H,9,11,14,31H2,1-4H3,(H2,32,38). The average Bonchev–Trinajstić information content (AvgIpc) is 3.45. The van der Waals surface area contributed by atoms with Gasteiger partial charge < -0.3 is 20.9 Å². The third kappa shape index (κ3) is 6.33. The highest BCUT2D eigenvalue weighted by atomic mass is 35.5. The molecule has 0 radical (unpaired) electrons. The Balaban J connectivity index is 1.47. The van der Waals surface area contributed by atoms with Crippen LogP contribution in [0.25, 0.3) is 22.5 Å². The Morgan fingerprint density at radius 2 is 1.74 bits per heavy atom. The monoisotopic (exact) mass is 568 g/mol. The van der Waals surface area contributed by atoms with E-state index in [1.54, 1.807) is 28.9 Å². The van der Waals surface area contributed by atoms with E-state index in [2.05, 4.69) is 10.3 Å². The van der Waals surface area contributed by atoms with Crippen LogP contribution in [0, 0.1) is 0 Å². The quantitative estimate of drug-likeness (QED) is 0.269. The molecule has 0 bridgehead atoms. The summed E-state index contributed by atoms with van der Waals surface area (Å²) in [7, 11) is 3.90. The Bertz CT molecular complexity index is 1520. The van der Waals surface area contributed by atoms with Gasteiger partial charge in [0.05, 0.1) is 11.4 Å². The number of ketones is 1. The number of halogens is 2. The zero-order valence-corrected chi connectivity index (χ0v) is 23.7. The van der Waals surface area contributed by atoms with Crippen LogP contribution in [0.4, 0.5) is 5.82 Å². The number of nitrogens with two attached hydrogens (primary N) is 2. The van der Waals surface area contributed by atoms with Gasteiger partial charge in [-0.1, -0.05) is 52.6 Å². The van der Waals surface area contributed by atoms with Crippen molar-refractivity contribution in [3.63, 3.8) is 0 Å². The van der Waals surface area contributed by atoms with Crippen LogP contribution >= 0.6 is 23.2 Å². The van der Waals surface area contributed by atoms with E-state index in [0.29, 0.717) is 44.9 Å². The Morgan fingerprint density at radius 3 is 2.36 bits per heavy atom. The molecule has 4 aromatic rings. The second kappa shape index (κ2) is 11.6. The van der Waals surface area contributed by atoms with Crippen molar-refractivity contribution in [3.8, 4) is 22.5 Å². The van der Waals surface area contributed by atoms with Crippen LogP contribution in [0.15, 0.2) is 47.0 Å². The number of anilines is 1. The summed E-state index contributed by atoms with van der Waals surface area (Å²) in [5.41, 5.74) is 15.9. The van der Waals surface area contributed by atoms with Crippen LogP contribution in [0.2, 0.25) is 10.0 Å². The molecule has 0 aliphatic carbocycles. The topological polar surface area (TPSA) is 133 Å². The Hall–Kier alpha value is -3.66. The molecule has 0 atom stereocenters. The third-order valence-corrected chi connectivity index (χ3v) is 6.81. The molecule has 0 unspecified atom stereocenters. The molecule has 2 aromatic carbocycles. The smallest absolute Gasteiger partial charge is 0.254 e. The fourth-order valence-corrected chi connectivity index (χ4v) is 4.87. The Kier molecular flexibility index (Phi) is 8.44. The van der Waals surface area contributed by atoms with E-state index in [1.165, 1.54) is 0 Å². The number of primary amides is 1. The van der Waals surface area contributed by atoms with Gasteiger partial charge in [0, 0.05) is 41.2 Å². The van der Waals surface area contributed by atoms with Gasteiger partial charge in [-0.2, -0.15) is 5.10 Å². The number of hydrogen-bond donors (Lipinski definition) is 2. The minimum atomic E-state index is -0.645. The molecule has 204 valence electrons. The van der Waals surface area contributed by atoms with Crippen LogP contribution in [-0.2, 0) is 24.2 Å². The average molecular weight is 569 g/mol. The summed E-state index contributed by atoms with van der Waals surface area (Å²) in [5.74, 6) is -0.0272. The molecule has 0 spiro atoms. The number of carbonyl (C=O) groups is 2. The molecule has 4 N–H and O–H groups in total. The summed E-state index contributed by atoms with van der Waals surface area (Å²) in [5, 5.41) is 9.64. The minimum Gasteiger partial charge on any atom is -0.383 e. The molecule has 2 aromatic heterocycles. The summed E-state index contributed by atoms with van der Waals surface area (Å²) < 4.78 is 7.01. The zero-order valence-electron chi connectivity index (χ0n) is 22.2. The van der Waals surface area contributed by atoms with Gasteiger partial charge >= 0.3 is 0 Å². The minimum absolute atomic E-state index is 0.0406. The third-order valence-electron chi connectivity index (χ3n) is 6.14. The first kappa shape index (κ1) is 28.4. The lowest BCUT2D eigenvalue weighted by Gasteiger charge is -2.13. The van der Waals surface area contributed by atoms with Gasteiger partial charge in [0.25, 0.3) is 5.91 Å². The molecule has 0 saturated carbocycles. The molecule has 0 saturated heterocycles. The van der Waals surface area contributed by atoms with Crippen molar-refractivity contribution in [2.24, 2.45) is 5.73 Å². The first-order valence-electron chi connectivity index (χ1n) is 12.3. The largest absolute Gasteiger partial charge is 0.383 e. The molecule has 0 aliphatic rings. The maximum atomic E-state index is 12.8. The van der Waals surface area contributed by atoms with E-state index >= 15 is 0 Å². The number of nitrogens with zero attached hydrogens (tertiary/aromatic N) is 4. The number of carbonyl (C=O) groups excluding carboxylic acids is 2. The normalized spacial score (nSPS) is 11.5. The fraction of sp³-hybridized carbons (Fsp3) is 0.286. The lowest BCUT2D eigenvalue weighted by molar-refractivity contribution is -0.118. The van der Waals surface area contributed by atoms with Crippen LogP contribution in [0.3, 0.4) is 0 Å². The molecule has 2 heterocycles. The second-order valence-electron chi connectivity index (χ2n) is 9.94. The molecule has 11 heteroatoms. The molecular weight excluding hydrogens is 539 g/mol. The number of nitrogen functional groups attached to an aromatic ring is 1. The van der Waals surface area contributed by atoms with E-state index in [-0.39, 0.29) is 36.0 Å². The van der Waals surface area contributed by atoms with E-state index in [9.17, 15) is 9.59 Å². The van der Waals surface area contributed by atoms with Crippen LogP contribution in [0.5, 0.6) is 0 Å². The Labute approximate surface area is 236 Å². The SMILES string of the molecule is CC(C)n1nc(-c2ccc(CC(=O)Cc3cc(-c4cc(CN(C)C)c(Cl)cc4Cl)no3)cc2)c(C(N)=O)c1N. The van der Waals surface area contributed by atoms with Crippen molar-refractivity contribution in [3.05, 3.63) is 75.0 Å². The van der Waals surface area contributed by atoms with E-state index < -0.39 is 5.91 Å². The number of aromatic nitrogens is 3. The number of benzene rings is 2. The summed E-state index contributed by atoms with van der Waals surface area (Å²) >= 11 is 12.8. The van der Waals surface area contributed by atoms with E-state index in [1.807, 2.05) is 51.0 Å². The highest BCUT2D eigenvalue weighted by Gasteiger charge is 2.23. The van der Waals surface area contributed by atoms with Crippen molar-refractivity contribution in [1.29, 1.82) is 0 Å². The van der Waals surface area contributed by atoms with Gasteiger partial charge in [-0.3, -0.25) is 9.59 Å². The first-order valence-corrected chi connectivity index (χ1v) is 13.1. The summed E-state index contributed by atoms with van der Waals surface area (Å²) in [6.07, 6.45) is 0.266. The zero-order chi connectivity index (χ0) is 28.4. The summed E-state index contributed by atoms with van der Waals surface area (Å²) in [4.78, 5) is 26.8. The molecule has 1 amide bonds. The molecular formula is C28H30Cl2N6O3. The number of Topliss-reactive ketones (excluding diaryl/α,β-unsaturated/α-hetero) is 1. The van der Waals surface area contributed by atoms with Gasteiger partial charge in [-0.05, 0) is 51.2 Å². The number of hydrogen-bond acceptors (Lipinski definition) is 7. The van der Waals surface area contributed by atoms with Crippen LogP contribution < -0.4 is 11.5 Å². The van der Waals surface area contributed by atoms with Gasteiger partial charge in [-0.15, -0.1) is 0 Å². The van der Waals surface area contributed by atoms with Crippen molar-refractivity contribution in [2.75, 3.05) is 19.8 Å². The molecule has 4 rings (SSSR count). The van der Waals surface area contributed by atoms with Crippen molar-refractivity contribution in [1.82, 2.24) is 19.8 Å². The van der Waals surface area contributed by atoms with E-state index in [0.717, 1.165) is 11.1 Å². The molecule has 0 fully saturated rings. The highest BCUT2D eigenvalue weighted by molar-refractivity contribution is 6.36. The van der Waals surface area contributed by atoms with Gasteiger partial charge in [0.15, 0.2) is 0 Å². The van der Waals surface area contributed by atoms with Crippen molar-refractivity contribution >= 4 is 40.7 Å². The highest BCUT2D eigenvalue weighted by Crippen LogP contribution is 2.33. The maximum absolute atomic E-state index is 12.8. The molecule has 39 heavy (non-hydrogen) atoms. The molecule has 0 aliphatic heterocycles. The van der Waals surface area contributed by atoms with Crippen LogP contribution in [0.1, 0.15) is 47.1 Å². The van der Waals surface area contributed by atoms with Gasteiger partial charge in [0.1, 0.15) is 34.3 Å². The van der Waals surface area contributed by atoms with Gasteiger partial charge in [0.2, 0.25) is 0 Å². The summed E-state index contributed by atoms with van der Waals surface area (Å²) in [6, 6.07) is 12.5. The number of amides is 1. The van der Waals surface area contributed by atoms with Crippen LogP contribution in [-0.4, -0.2) is 45.6 Å². The molecule has 9 nitrogen and oxygen atoms in total.